The van der Waals surface area contributed by atoms with Gasteiger partial charge in [-0.1, -0.05) is 19.1 Å². The van der Waals surface area contributed by atoms with E-state index in [0.717, 1.165) is 6.42 Å². The summed E-state index contributed by atoms with van der Waals surface area (Å²) in [6.45, 7) is 4.19. The van der Waals surface area contributed by atoms with E-state index in [4.69, 9.17) is 14.9 Å². The Morgan fingerprint density at radius 2 is 1.84 bits per heavy atom. The summed E-state index contributed by atoms with van der Waals surface area (Å²) in [4.78, 5) is 22.2. The second-order valence-corrected chi connectivity index (χ2v) is 13.2. The van der Waals surface area contributed by atoms with Crippen molar-refractivity contribution < 1.29 is 44.8 Å². The van der Waals surface area contributed by atoms with Crippen LogP contribution in [0.25, 0.3) is 11.5 Å². The first-order valence-corrected chi connectivity index (χ1v) is 15.7. The molecule has 0 amide bonds. The van der Waals surface area contributed by atoms with Crippen LogP contribution in [0.1, 0.15) is 37.4 Å². The van der Waals surface area contributed by atoms with Crippen LogP contribution in [-0.4, -0.2) is 73.3 Å². The summed E-state index contributed by atoms with van der Waals surface area (Å²) in [5, 5.41) is 8.21. The fraction of sp³-hybridized carbons (Fsp3) is 0.500. The minimum absolute atomic E-state index is 0.0321. The maximum absolute atomic E-state index is 13.4. The fourth-order valence-corrected chi connectivity index (χ4v) is 5.11. The predicted octanol–water partition coefficient (Wildman–Crippen LogP) is 3.58. The number of nitrogens with zero attached hydrogens (tertiary/aromatic N) is 5. The van der Waals surface area contributed by atoms with E-state index in [-0.39, 0.29) is 33.9 Å². The Kier molecular flexibility index (Phi) is 10.2. The third-order valence-electron chi connectivity index (χ3n) is 7.21. The van der Waals surface area contributed by atoms with E-state index in [1.54, 1.807) is 25.1 Å². The zero-order valence-corrected chi connectivity index (χ0v) is 25.9. The van der Waals surface area contributed by atoms with Crippen LogP contribution >= 0.6 is 0 Å². The summed E-state index contributed by atoms with van der Waals surface area (Å²) < 4.78 is 88.0. The van der Waals surface area contributed by atoms with Crippen LogP contribution in [-0.2, 0) is 42.9 Å². The molecule has 0 bridgehead atoms. The van der Waals surface area contributed by atoms with Crippen LogP contribution in [0.3, 0.4) is 0 Å². The number of halogens is 4. The van der Waals surface area contributed by atoms with Crippen LogP contribution in [0.4, 0.5) is 23.4 Å². The number of hydroxylamine groups is 1. The largest absolute Gasteiger partial charge is 0.492 e. The lowest BCUT2D eigenvalue weighted by atomic mass is 9.94. The Balaban J connectivity index is 1.72. The number of nitrogens with two attached hydrogens (primary N) is 1. The zero-order chi connectivity index (χ0) is 33.2. The van der Waals surface area contributed by atoms with Gasteiger partial charge in [-0.2, -0.15) is 13.2 Å². The summed E-state index contributed by atoms with van der Waals surface area (Å²) in [5.74, 6) is -1.94. The van der Waals surface area contributed by atoms with Crippen molar-refractivity contribution in [3.05, 3.63) is 59.4 Å². The molecule has 1 aromatic carbocycles. The van der Waals surface area contributed by atoms with Crippen molar-refractivity contribution in [2.75, 3.05) is 38.0 Å². The Hall–Kier alpha value is -3.67. The molecule has 0 spiro atoms. The molecule has 0 radical (unpaired) electrons. The van der Waals surface area contributed by atoms with Gasteiger partial charge >= 0.3 is 12.1 Å². The van der Waals surface area contributed by atoms with Gasteiger partial charge in [0.15, 0.2) is 0 Å². The second-order valence-electron chi connectivity index (χ2n) is 11.4. The van der Waals surface area contributed by atoms with Crippen LogP contribution in [0.5, 0.6) is 0 Å². The SMILES string of the molecule is COCCN(CC1CC1C)c1cc(-c2nnc(C(C)(N)Cc3ccc(F)cc3)o2)cc(CN(OC(=O)C(F)(F)F)S(C)(=O)=O)n1. The second kappa shape index (κ2) is 13.4. The molecule has 3 aromatic rings. The lowest BCUT2D eigenvalue weighted by molar-refractivity contribution is -0.223. The minimum Gasteiger partial charge on any atom is -0.419 e. The number of alkyl halides is 3. The normalized spacial score (nSPS) is 18.1. The van der Waals surface area contributed by atoms with Crippen molar-refractivity contribution in [3.8, 4) is 11.5 Å². The van der Waals surface area contributed by atoms with Crippen molar-refractivity contribution in [2.45, 2.75) is 44.9 Å². The van der Waals surface area contributed by atoms with E-state index in [9.17, 15) is 30.8 Å². The standard InChI is InChI=1S/C28H34F4N6O6S/c1-17-11-20(17)15-37(9-10-42-3)23-13-19(12-22(34-23)16-38(45(4,40)41)44-26(39)28(30,31)32)24-35-36-25(43-24)27(2,33)14-18-5-7-21(29)8-6-18/h5-8,12-13,17,20H,9-11,14-16,33H2,1-4H3. The number of ether oxygens (including phenoxy) is 1. The number of sulfonamides is 1. The molecule has 1 aliphatic rings. The highest BCUT2D eigenvalue weighted by molar-refractivity contribution is 7.88. The molecule has 1 aliphatic carbocycles. The average molecular weight is 659 g/mol. The Bertz CT molecular complexity index is 1600. The molecule has 1 saturated carbocycles. The van der Waals surface area contributed by atoms with E-state index in [1.165, 1.54) is 25.3 Å². The smallest absolute Gasteiger partial charge is 0.419 e. The van der Waals surface area contributed by atoms with Crippen LogP contribution < -0.4 is 10.6 Å². The first kappa shape index (κ1) is 34.2. The van der Waals surface area contributed by atoms with E-state index >= 15 is 0 Å². The van der Waals surface area contributed by atoms with Gasteiger partial charge in [-0.25, -0.2) is 22.6 Å². The minimum atomic E-state index is -5.44. The maximum atomic E-state index is 13.4. The van der Waals surface area contributed by atoms with Gasteiger partial charge in [0, 0.05) is 25.8 Å². The molecule has 246 valence electrons. The van der Waals surface area contributed by atoms with Crippen molar-refractivity contribution in [1.29, 1.82) is 0 Å². The van der Waals surface area contributed by atoms with Crippen molar-refractivity contribution in [1.82, 2.24) is 19.6 Å². The fourth-order valence-electron chi connectivity index (χ4n) is 4.54. The maximum Gasteiger partial charge on any atom is 0.492 e. The summed E-state index contributed by atoms with van der Waals surface area (Å²) in [7, 11) is -2.95. The van der Waals surface area contributed by atoms with Crippen LogP contribution in [0.2, 0.25) is 0 Å². The molecule has 1 fully saturated rings. The highest BCUT2D eigenvalue weighted by atomic mass is 32.2. The molecule has 2 aromatic heterocycles. The number of methoxy groups -OCH3 is 1. The van der Waals surface area contributed by atoms with Gasteiger partial charge in [0.1, 0.15) is 11.6 Å². The first-order valence-electron chi connectivity index (χ1n) is 13.9. The van der Waals surface area contributed by atoms with Crippen LogP contribution in [0, 0.1) is 17.7 Å². The van der Waals surface area contributed by atoms with Gasteiger partial charge in [-0.05, 0) is 65.9 Å². The third-order valence-corrected chi connectivity index (χ3v) is 8.15. The number of benzene rings is 1. The molecule has 0 saturated heterocycles. The van der Waals surface area contributed by atoms with E-state index in [0.29, 0.717) is 49.2 Å². The number of anilines is 1. The highest BCUT2D eigenvalue weighted by Crippen LogP contribution is 2.39. The van der Waals surface area contributed by atoms with Crippen molar-refractivity contribution in [2.24, 2.45) is 17.6 Å². The third kappa shape index (κ3) is 9.18. The van der Waals surface area contributed by atoms with E-state index in [2.05, 4.69) is 26.9 Å². The van der Waals surface area contributed by atoms with Gasteiger partial charge < -0.3 is 24.6 Å². The number of hydrogen-bond acceptors (Lipinski definition) is 11. The quantitative estimate of drug-likeness (QED) is 0.200. The van der Waals surface area contributed by atoms with Crippen molar-refractivity contribution >= 4 is 21.8 Å². The van der Waals surface area contributed by atoms with E-state index < -0.39 is 40.1 Å². The molecule has 17 heteroatoms. The Labute approximate surface area is 257 Å². The summed E-state index contributed by atoms with van der Waals surface area (Å²) in [6, 6.07) is 8.70. The van der Waals surface area contributed by atoms with Gasteiger partial charge in [-0.15, -0.1) is 10.2 Å². The van der Waals surface area contributed by atoms with Gasteiger partial charge in [0.05, 0.1) is 30.6 Å². The number of carbonyl (C=O) groups excluding carboxylic acids is 1. The van der Waals surface area contributed by atoms with Gasteiger partial charge in [-0.3, -0.25) is 0 Å². The van der Waals surface area contributed by atoms with Crippen molar-refractivity contribution in [3.63, 3.8) is 0 Å². The van der Waals surface area contributed by atoms with E-state index in [1.807, 2.05) is 4.90 Å². The molecule has 3 unspecified atom stereocenters. The summed E-state index contributed by atoms with van der Waals surface area (Å²) in [5.41, 5.74) is 6.22. The summed E-state index contributed by atoms with van der Waals surface area (Å²) >= 11 is 0. The number of carbonyl (C=O) groups is 1. The molecular weight excluding hydrogens is 624 g/mol. The highest BCUT2D eigenvalue weighted by Gasteiger charge is 2.44. The lowest BCUT2D eigenvalue weighted by Gasteiger charge is -2.25. The first-order chi connectivity index (χ1) is 21.0. The molecule has 2 N–H and O–H groups in total. The average Bonchev–Trinajstić information content (AvgIpc) is 3.40. The predicted molar refractivity (Wildman–Crippen MR) is 153 cm³/mol. The number of pyridine rings is 1. The topological polar surface area (TPSA) is 154 Å². The van der Waals surface area contributed by atoms with Crippen LogP contribution in [0.15, 0.2) is 40.8 Å². The zero-order valence-electron chi connectivity index (χ0n) is 25.0. The number of rotatable bonds is 14. The number of aromatic nitrogens is 3. The molecule has 45 heavy (non-hydrogen) atoms. The monoisotopic (exact) mass is 658 g/mol. The lowest BCUT2D eigenvalue weighted by Crippen LogP contribution is -2.38. The molecule has 2 heterocycles. The summed E-state index contributed by atoms with van der Waals surface area (Å²) in [6.07, 6.45) is -3.64. The van der Waals surface area contributed by atoms with Gasteiger partial charge in [0.25, 0.3) is 0 Å². The molecule has 12 nitrogen and oxygen atoms in total. The molecule has 3 atom stereocenters. The Morgan fingerprint density at radius 1 is 1.18 bits per heavy atom. The Morgan fingerprint density at radius 3 is 2.42 bits per heavy atom. The number of hydrogen-bond donors (Lipinski definition) is 1. The molecule has 0 aliphatic heterocycles. The van der Waals surface area contributed by atoms with Gasteiger partial charge in [0.2, 0.25) is 21.8 Å². The molecule has 4 rings (SSSR count). The molecular formula is C28H34F4N6O6S.